The summed E-state index contributed by atoms with van der Waals surface area (Å²) in [6, 6.07) is 3.81. The van der Waals surface area contributed by atoms with Crippen molar-refractivity contribution >= 4 is 16.9 Å². The van der Waals surface area contributed by atoms with E-state index in [1.54, 1.807) is 12.4 Å². The molecule has 0 radical (unpaired) electrons. The van der Waals surface area contributed by atoms with Crippen LogP contribution >= 0.6 is 0 Å². The highest BCUT2D eigenvalue weighted by Crippen LogP contribution is 2.47. The van der Waals surface area contributed by atoms with Gasteiger partial charge in [0.05, 0.1) is 11.0 Å². The Kier molecular flexibility index (Phi) is 2.70. The van der Waals surface area contributed by atoms with Crippen LogP contribution in [0, 0.1) is 0 Å². The molecule has 0 saturated carbocycles. The summed E-state index contributed by atoms with van der Waals surface area (Å²) in [4.78, 5) is 20.9. The summed E-state index contributed by atoms with van der Waals surface area (Å²) >= 11 is 0. The molecule has 1 aliphatic carbocycles. The SMILES string of the molecule is O=C(N1C[C@H]2C[C@@H](C1)c1cc3nccnc3cc12)C(F)(F)F. The van der Waals surface area contributed by atoms with Gasteiger partial charge in [-0.2, -0.15) is 13.2 Å². The molecule has 1 saturated heterocycles. The minimum Gasteiger partial charge on any atom is -0.334 e. The molecule has 1 fully saturated rings. The minimum absolute atomic E-state index is 0.0496. The molecule has 2 heterocycles. The number of amides is 1. The van der Waals surface area contributed by atoms with Crippen LogP contribution in [0.4, 0.5) is 13.2 Å². The van der Waals surface area contributed by atoms with Crippen LogP contribution in [0.2, 0.25) is 0 Å². The van der Waals surface area contributed by atoms with E-state index in [1.165, 1.54) is 0 Å². The third-order valence-electron chi connectivity index (χ3n) is 4.53. The predicted octanol–water partition coefficient (Wildman–Crippen LogP) is 2.61. The summed E-state index contributed by atoms with van der Waals surface area (Å²) in [5.41, 5.74) is 3.50. The van der Waals surface area contributed by atoms with Crippen LogP contribution in [0.1, 0.15) is 29.4 Å². The fraction of sp³-hybridized carbons (Fsp3) is 0.400. The molecule has 7 heteroatoms. The average molecular weight is 307 g/mol. The molecular weight excluding hydrogens is 295 g/mol. The Balaban J connectivity index is 1.73. The van der Waals surface area contributed by atoms with Crippen molar-refractivity contribution in [3.05, 3.63) is 35.7 Å². The first-order valence-corrected chi connectivity index (χ1v) is 7.04. The molecule has 22 heavy (non-hydrogen) atoms. The van der Waals surface area contributed by atoms with Crippen molar-refractivity contribution in [1.82, 2.24) is 14.9 Å². The highest BCUT2D eigenvalue weighted by Gasteiger charge is 2.47. The first kappa shape index (κ1) is 13.5. The Bertz CT molecular complexity index is 724. The van der Waals surface area contributed by atoms with Gasteiger partial charge in [0.1, 0.15) is 0 Å². The van der Waals surface area contributed by atoms with Gasteiger partial charge in [-0.15, -0.1) is 0 Å². The number of rotatable bonds is 0. The molecule has 114 valence electrons. The Hall–Kier alpha value is -2.18. The van der Waals surface area contributed by atoms with Gasteiger partial charge in [-0.1, -0.05) is 0 Å². The van der Waals surface area contributed by atoms with Crippen molar-refractivity contribution in [2.75, 3.05) is 13.1 Å². The van der Waals surface area contributed by atoms with E-state index < -0.39 is 12.1 Å². The molecule has 0 unspecified atom stereocenters. The van der Waals surface area contributed by atoms with Crippen LogP contribution < -0.4 is 0 Å². The number of benzene rings is 1. The number of fused-ring (bicyclic) bond motifs is 6. The molecule has 2 aromatic rings. The van der Waals surface area contributed by atoms with Gasteiger partial charge in [0.25, 0.3) is 0 Å². The molecule has 1 aromatic carbocycles. The minimum atomic E-state index is -4.81. The molecule has 4 rings (SSSR count). The Morgan fingerprint density at radius 2 is 1.55 bits per heavy atom. The molecule has 2 atom stereocenters. The van der Waals surface area contributed by atoms with Gasteiger partial charge < -0.3 is 4.90 Å². The van der Waals surface area contributed by atoms with E-state index in [2.05, 4.69) is 9.97 Å². The number of carbonyl (C=O) groups excluding carboxylic acids is 1. The van der Waals surface area contributed by atoms with E-state index in [0.717, 1.165) is 33.5 Å². The Morgan fingerprint density at radius 1 is 1.05 bits per heavy atom. The van der Waals surface area contributed by atoms with E-state index in [0.29, 0.717) is 0 Å². The predicted molar refractivity (Wildman–Crippen MR) is 72.3 cm³/mol. The molecule has 0 N–H and O–H groups in total. The first-order valence-electron chi connectivity index (χ1n) is 7.04. The van der Waals surface area contributed by atoms with Crippen LogP contribution in [0.25, 0.3) is 11.0 Å². The number of carbonyl (C=O) groups is 1. The number of likely N-dealkylation sites (tertiary alicyclic amines) is 1. The smallest absolute Gasteiger partial charge is 0.334 e. The first-order chi connectivity index (χ1) is 10.4. The maximum atomic E-state index is 12.7. The molecular formula is C15H12F3N3O. The van der Waals surface area contributed by atoms with Gasteiger partial charge in [0, 0.05) is 37.3 Å². The lowest BCUT2D eigenvalue weighted by atomic mass is 9.95. The molecule has 1 aromatic heterocycles. The second-order valence-electron chi connectivity index (χ2n) is 5.86. The maximum absolute atomic E-state index is 12.7. The van der Waals surface area contributed by atoms with Gasteiger partial charge in [-0.25, -0.2) is 0 Å². The number of nitrogens with zero attached hydrogens (tertiary/aromatic N) is 3. The summed E-state index contributed by atoms with van der Waals surface area (Å²) in [5.74, 6) is -1.84. The van der Waals surface area contributed by atoms with Crippen molar-refractivity contribution in [3.8, 4) is 0 Å². The fourth-order valence-electron chi connectivity index (χ4n) is 3.65. The highest BCUT2D eigenvalue weighted by atomic mass is 19.4. The van der Waals surface area contributed by atoms with Crippen LogP contribution in [-0.4, -0.2) is 40.0 Å². The summed E-state index contributed by atoms with van der Waals surface area (Å²) < 4.78 is 38.0. The lowest BCUT2D eigenvalue weighted by Gasteiger charge is -2.32. The second kappa shape index (κ2) is 4.41. The second-order valence-corrected chi connectivity index (χ2v) is 5.86. The molecule has 4 nitrogen and oxygen atoms in total. The van der Waals surface area contributed by atoms with Gasteiger partial charge >= 0.3 is 12.1 Å². The number of hydrogen-bond donors (Lipinski definition) is 0. The van der Waals surface area contributed by atoms with Gasteiger partial charge in [-0.3, -0.25) is 14.8 Å². The fourth-order valence-corrected chi connectivity index (χ4v) is 3.65. The lowest BCUT2D eigenvalue weighted by Crippen LogP contribution is -2.46. The average Bonchev–Trinajstić information content (AvgIpc) is 2.74. The monoisotopic (exact) mass is 307 g/mol. The largest absolute Gasteiger partial charge is 0.471 e. The molecule has 2 bridgehead atoms. The van der Waals surface area contributed by atoms with E-state index in [-0.39, 0.29) is 24.9 Å². The van der Waals surface area contributed by atoms with Crippen LogP contribution in [0.5, 0.6) is 0 Å². The van der Waals surface area contributed by atoms with E-state index in [4.69, 9.17) is 0 Å². The van der Waals surface area contributed by atoms with Crippen LogP contribution in [0.3, 0.4) is 0 Å². The van der Waals surface area contributed by atoms with E-state index in [9.17, 15) is 18.0 Å². The van der Waals surface area contributed by atoms with Crippen molar-refractivity contribution in [2.24, 2.45) is 0 Å². The Morgan fingerprint density at radius 3 is 2.00 bits per heavy atom. The topological polar surface area (TPSA) is 46.1 Å². The highest BCUT2D eigenvalue weighted by molar-refractivity contribution is 5.83. The van der Waals surface area contributed by atoms with E-state index >= 15 is 0 Å². The van der Waals surface area contributed by atoms with Crippen molar-refractivity contribution in [1.29, 1.82) is 0 Å². The number of aromatic nitrogens is 2. The summed E-state index contributed by atoms with van der Waals surface area (Å²) in [5, 5.41) is 0. The third-order valence-corrected chi connectivity index (χ3v) is 4.53. The number of alkyl halides is 3. The zero-order chi connectivity index (χ0) is 15.5. The third kappa shape index (κ3) is 1.95. The molecule has 1 amide bonds. The molecule has 0 spiro atoms. The summed E-state index contributed by atoms with van der Waals surface area (Å²) in [6.45, 7) is 0.237. The zero-order valence-corrected chi connectivity index (χ0v) is 11.5. The number of hydrogen-bond acceptors (Lipinski definition) is 3. The number of piperidine rings is 1. The zero-order valence-electron chi connectivity index (χ0n) is 11.5. The van der Waals surface area contributed by atoms with Crippen LogP contribution in [0.15, 0.2) is 24.5 Å². The van der Waals surface area contributed by atoms with Crippen LogP contribution in [-0.2, 0) is 4.79 Å². The van der Waals surface area contributed by atoms with Gasteiger partial charge in [0.15, 0.2) is 0 Å². The van der Waals surface area contributed by atoms with Crippen molar-refractivity contribution in [2.45, 2.75) is 24.4 Å². The summed E-state index contributed by atoms with van der Waals surface area (Å²) in [6.07, 6.45) is -0.839. The lowest BCUT2D eigenvalue weighted by molar-refractivity contribution is -0.186. The van der Waals surface area contributed by atoms with Crippen molar-refractivity contribution < 1.29 is 18.0 Å². The van der Waals surface area contributed by atoms with Gasteiger partial charge in [-0.05, 0) is 29.7 Å². The molecule has 2 aliphatic rings. The Labute approximate surface area is 124 Å². The maximum Gasteiger partial charge on any atom is 0.471 e. The van der Waals surface area contributed by atoms with E-state index in [1.807, 2.05) is 12.1 Å². The quantitative estimate of drug-likeness (QED) is 0.751. The number of halogens is 3. The normalized spacial score (nSPS) is 23.7. The molecule has 1 aliphatic heterocycles. The summed E-state index contributed by atoms with van der Waals surface area (Å²) in [7, 11) is 0. The standard InChI is InChI=1S/C15H12F3N3O/c16-15(17,18)14(22)21-6-8-3-9(7-21)11-5-13-12(4-10(8)11)19-1-2-20-13/h1-2,4-5,8-9H,3,6-7H2/t8-,9+. The van der Waals surface area contributed by atoms with Crippen molar-refractivity contribution in [3.63, 3.8) is 0 Å². The van der Waals surface area contributed by atoms with Gasteiger partial charge in [0.2, 0.25) is 0 Å².